The maximum atomic E-state index is 13.6. The lowest BCUT2D eigenvalue weighted by Crippen LogP contribution is -2.21. The quantitative estimate of drug-likeness (QED) is 0.181. The first kappa shape index (κ1) is 21.0. The van der Waals surface area contributed by atoms with Crippen molar-refractivity contribution in [3.63, 3.8) is 0 Å². The SMILES string of the molecule is O=C(CCCCCCSc1nc2cc(F)ccc2c(=O)n1-c1ccccc1)NO. The van der Waals surface area contributed by atoms with E-state index in [2.05, 4.69) is 4.98 Å². The molecule has 2 N–H and O–H groups in total. The summed E-state index contributed by atoms with van der Waals surface area (Å²) in [4.78, 5) is 28.6. The van der Waals surface area contributed by atoms with Gasteiger partial charge in [-0.05, 0) is 37.1 Å². The number of aromatic nitrogens is 2. The Labute approximate surface area is 171 Å². The zero-order valence-electron chi connectivity index (χ0n) is 15.8. The highest BCUT2D eigenvalue weighted by atomic mass is 32.2. The molecule has 3 aromatic rings. The number of para-hydroxylation sites is 1. The summed E-state index contributed by atoms with van der Waals surface area (Å²) in [7, 11) is 0. The molecule has 6 nitrogen and oxygen atoms in total. The van der Waals surface area contributed by atoms with E-state index in [1.54, 1.807) is 10.0 Å². The number of thioether (sulfide) groups is 1. The van der Waals surface area contributed by atoms with Gasteiger partial charge in [0, 0.05) is 18.2 Å². The summed E-state index contributed by atoms with van der Waals surface area (Å²) in [5.41, 5.74) is 2.46. The Balaban J connectivity index is 1.75. The predicted molar refractivity (Wildman–Crippen MR) is 111 cm³/mol. The number of halogens is 1. The Hall–Kier alpha value is -2.71. The van der Waals surface area contributed by atoms with Crippen LogP contribution in [0.1, 0.15) is 32.1 Å². The molecule has 152 valence electrons. The van der Waals surface area contributed by atoms with Gasteiger partial charge in [0.15, 0.2) is 5.16 Å². The molecule has 0 radical (unpaired) electrons. The third-order valence-electron chi connectivity index (χ3n) is 4.47. The Bertz CT molecular complexity index is 1040. The summed E-state index contributed by atoms with van der Waals surface area (Å²) in [6, 6.07) is 13.3. The van der Waals surface area contributed by atoms with Crippen LogP contribution in [0.25, 0.3) is 16.6 Å². The number of hydrogen-bond acceptors (Lipinski definition) is 5. The Kier molecular flexibility index (Phi) is 7.37. The first-order valence-corrected chi connectivity index (χ1v) is 10.4. The summed E-state index contributed by atoms with van der Waals surface area (Å²) in [6.45, 7) is 0. The van der Waals surface area contributed by atoms with Gasteiger partial charge in [-0.25, -0.2) is 14.9 Å². The molecule has 0 atom stereocenters. The molecular formula is C21H22FN3O3S. The van der Waals surface area contributed by atoms with Crippen LogP contribution >= 0.6 is 11.8 Å². The number of carbonyl (C=O) groups is 1. The fourth-order valence-electron chi connectivity index (χ4n) is 3.00. The zero-order valence-corrected chi connectivity index (χ0v) is 16.6. The topological polar surface area (TPSA) is 84.2 Å². The van der Waals surface area contributed by atoms with E-state index in [-0.39, 0.29) is 11.5 Å². The highest BCUT2D eigenvalue weighted by molar-refractivity contribution is 7.99. The normalized spacial score (nSPS) is 11.0. The van der Waals surface area contributed by atoms with E-state index >= 15 is 0 Å². The van der Waals surface area contributed by atoms with Crippen molar-refractivity contribution in [3.05, 3.63) is 64.7 Å². The van der Waals surface area contributed by atoms with Gasteiger partial charge in [0.05, 0.1) is 16.6 Å². The number of hydroxylamine groups is 1. The van der Waals surface area contributed by atoms with Gasteiger partial charge in [0.1, 0.15) is 5.82 Å². The van der Waals surface area contributed by atoms with Crippen LogP contribution in [0.2, 0.25) is 0 Å². The first-order chi connectivity index (χ1) is 14.1. The van der Waals surface area contributed by atoms with Crippen LogP contribution in [0.15, 0.2) is 58.5 Å². The molecule has 1 amide bonds. The van der Waals surface area contributed by atoms with E-state index in [0.717, 1.165) is 25.0 Å². The highest BCUT2D eigenvalue weighted by Crippen LogP contribution is 2.23. The second-order valence-electron chi connectivity index (χ2n) is 6.58. The lowest BCUT2D eigenvalue weighted by molar-refractivity contribution is -0.129. The molecule has 0 aliphatic carbocycles. The average molecular weight is 415 g/mol. The number of amides is 1. The van der Waals surface area contributed by atoms with Crippen LogP contribution in [0, 0.1) is 5.82 Å². The first-order valence-electron chi connectivity index (χ1n) is 9.43. The number of rotatable bonds is 9. The van der Waals surface area contributed by atoms with E-state index in [1.165, 1.54) is 30.0 Å². The molecule has 0 bridgehead atoms. The minimum absolute atomic E-state index is 0.223. The highest BCUT2D eigenvalue weighted by Gasteiger charge is 2.13. The number of unbranched alkanes of at least 4 members (excludes halogenated alkanes) is 3. The van der Waals surface area contributed by atoms with Crippen LogP contribution in [0.5, 0.6) is 0 Å². The predicted octanol–water partition coefficient (Wildman–Crippen LogP) is 4.07. The minimum atomic E-state index is -0.426. The van der Waals surface area contributed by atoms with Gasteiger partial charge in [-0.3, -0.25) is 19.4 Å². The average Bonchev–Trinajstić information content (AvgIpc) is 2.73. The van der Waals surface area contributed by atoms with Crippen molar-refractivity contribution >= 4 is 28.6 Å². The molecule has 2 aromatic carbocycles. The molecule has 0 saturated heterocycles. The van der Waals surface area contributed by atoms with Gasteiger partial charge in [-0.15, -0.1) is 0 Å². The monoisotopic (exact) mass is 415 g/mol. The summed E-state index contributed by atoms with van der Waals surface area (Å²) in [6.07, 6.45) is 3.69. The second-order valence-corrected chi connectivity index (χ2v) is 7.64. The maximum Gasteiger partial charge on any atom is 0.266 e. The van der Waals surface area contributed by atoms with Gasteiger partial charge < -0.3 is 0 Å². The molecule has 0 aliphatic rings. The Morgan fingerprint density at radius 2 is 1.86 bits per heavy atom. The van der Waals surface area contributed by atoms with E-state index in [1.807, 2.05) is 30.3 Å². The summed E-state index contributed by atoms with van der Waals surface area (Å²) >= 11 is 1.46. The third-order valence-corrected chi connectivity index (χ3v) is 5.49. The van der Waals surface area contributed by atoms with Crippen LogP contribution in [0.3, 0.4) is 0 Å². The minimum Gasteiger partial charge on any atom is -0.289 e. The second kappa shape index (κ2) is 10.2. The number of nitrogens with one attached hydrogen (secondary N) is 1. The Morgan fingerprint density at radius 1 is 1.10 bits per heavy atom. The maximum absolute atomic E-state index is 13.6. The lowest BCUT2D eigenvalue weighted by atomic mass is 10.1. The molecular weight excluding hydrogens is 393 g/mol. The Morgan fingerprint density at radius 3 is 2.62 bits per heavy atom. The molecule has 0 aliphatic heterocycles. The van der Waals surface area contributed by atoms with Gasteiger partial charge >= 0.3 is 0 Å². The summed E-state index contributed by atoms with van der Waals surface area (Å²) in [5.74, 6) is -0.0599. The van der Waals surface area contributed by atoms with E-state index in [4.69, 9.17) is 5.21 Å². The molecule has 3 rings (SSSR count). The van der Waals surface area contributed by atoms with Crippen molar-refractivity contribution in [1.82, 2.24) is 15.0 Å². The van der Waals surface area contributed by atoms with Gasteiger partial charge in [-0.1, -0.05) is 42.8 Å². The number of hydrogen-bond donors (Lipinski definition) is 2. The molecule has 0 fully saturated rings. The summed E-state index contributed by atoms with van der Waals surface area (Å²) in [5, 5.41) is 9.38. The fourth-order valence-corrected chi connectivity index (χ4v) is 4.01. The van der Waals surface area contributed by atoms with Gasteiger partial charge in [-0.2, -0.15) is 0 Å². The van der Waals surface area contributed by atoms with Gasteiger partial charge in [0.2, 0.25) is 5.91 Å². The number of fused-ring (bicyclic) bond motifs is 1. The van der Waals surface area contributed by atoms with Crippen molar-refractivity contribution < 1.29 is 14.4 Å². The molecule has 0 unspecified atom stereocenters. The zero-order chi connectivity index (χ0) is 20.6. The molecule has 0 spiro atoms. The van der Waals surface area contributed by atoms with E-state index in [0.29, 0.717) is 34.6 Å². The molecule has 1 aromatic heterocycles. The number of nitrogens with zero attached hydrogens (tertiary/aromatic N) is 2. The van der Waals surface area contributed by atoms with Crippen molar-refractivity contribution in [1.29, 1.82) is 0 Å². The molecule has 29 heavy (non-hydrogen) atoms. The molecule has 1 heterocycles. The third kappa shape index (κ3) is 5.42. The van der Waals surface area contributed by atoms with Crippen molar-refractivity contribution in [2.75, 3.05) is 5.75 Å². The summed E-state index contributed by atoms with van der Waals surface area (Å²) < 4.78 is 15.2. The van der Waals surface area contributed by atoms with Crippen LogP contribution in [-0.2, 0) is 4.79 Å². The lowest BCUT2D eigenvalue weighted by Gasteiger charge is -2.13. The molecule has 8 heteroatoms. The molecule has 0 saturated carbocycles. The number of benzene rings is 2. The van der Waals surface area contributed by atoms with E-state index < -0.39 is 5.82 Å². The van der Waals surface area contributed by atoms with Crippen LogP contribution in [0.4, 0.5) is 4.39 Å². The fraction of sp³-hybridized carbons (Fsp3) is 0.286. The largest absolute Gasteiger partial charge is 0.289 e. The standard InChI is InChI=1S/C21H22FN3O3S/c22-15-11-12-17-18(14-15)23-21(25(20(17)27)16-8-4-3-5-9-16)29-13-7-2-1-6-10-19(26)24-28/h3-5,8-9,11-12,14,28H,1-2,6-7,10,13H2,(H,24,26). The van der Waals surface area contributed by atoms with Crippen LogP contribution < -0.4 is 11.0 Å². The van der Waals surface area contributed by atoms with Crippen LogP contribution in [-0.4, -0.2) is 26.4 Å². The van der Waals surface area contributed by atoms with Crippen molar-refractivity contribution in [2.24, 2.45) is 0 Å². The van der Waals surface area contributed by atoms with E-state index in [9.17, 15) is 14.0 Å². The smallest absolute Gasteiger partial charge is 0.266 e. The van der Waals surface area contributed by atoms with Crippen molar-refractivity contribution in [3.8, 4) is 5.69 Å². The number of carbonyl (C=O) groups excluding carboxylic acids is 1. The van der Waals surface area contributed by atoms with Gasteiger partial charge in [0.25, 0.3) is 5.56 Å². The van der Waals surface area contributed by atoms with Crippen molar-refractivity contribution in [2.45, 2.75) is 37.3 Å².